The summed E-state index contributed by atoms with van der Waals surface area (Å²) in [5.74, 6) is 0. The Labute approximate surface area is 91.3 Å². The average molecular weight is 218 g/mol. The van der Waals surface area contributed by atoms with Crippen molar-refractivity contribution >= 4 is 0 Å². The fourth-order valence-corrected chi connectivity index (χ4v) is 1.65. The molecular weight excluding hydrogens is 196 g/mol. The maximum atomic E-state index is 9.39. The van der Waals surface area contributed by atoms with Crippen LogP contribution >= 0.6 is 0 Å². The van der Waals surface area contributed by atoms with E-state index in [9.17, 15) is 5.11 Å². The van der Waals surface area contributed by atoms with Gasteiger partial charge in [0.2, 0.25) is 0 Å². The van der Waals surface area contributed by atoms with E-state index in [4.69, 9.17) is 9.47 Å². The monoisotopic (exact) mass is 218 g/mol. The summed E-state index contributed by atoms with van der Waals surface area (Å²) < 4.78 is 10.4. The topological polar surface area (TPSA) is 54.0 Å². The number of nitrogens with one attached hydrogen (secondary N) is 1. The van der Waals surface area contributed by atoms with E-state index in [2.05, 4.69) is 17.3 Å². The maximum absolute atomic E-state index is 9.39. The lowest BCUT2D eigenvalue weighted by atomic mass is 10.2. The summed E-state index contributed by atoms with van der Waals surface area (Å²) in [6.45, 7) is 4.46. The van der Waals surface area contributed by atoms with Crippen LogP contribution in [0.15, 0.2) is 0 Å². The van der Waals surface area contributed by atoms with E-state index in [0.717, 1.165) is 26.2 Å². The van der Waals surface area contributed by atoms with Crippen molar-refractivity contribution in [2.75, 3.05) is 53.6 Å². The fourth-order valence-electron chi connectivity index (χ4n) is 1.65. The van der Waals surface area contributed by atoms with Crippen molar-refractivity contribution in [1.29, 1.82) is 0 Å². The first-order chi connectivity index (χ1) is 7.22. The van der Waals surface area contributed by atoms with Crippen molar-refractivity contribution in [2.24, 2.45) is 0 Å². The molecule has 5 nitrogen and oxygen atoms in total. The van der Waals surface area contributed by atoms with Gasteiger partial charge in [0.1, 0.15) is 0 Å². The van der Waals surface area contributed by atoms with E-state index in [1.165, 1.54) is 0 Å². The highest BCUT2D eigenvalue weighted by molar-refractivity contribution is 4.71. The zero-order chi connectivity index (χ0) is 11.1. The molecule has 0 radical (unpaired) electrons. The van der Waals surface area contributed by atoms with E-state index in [0.29, 0.717) is 13.2 Å². The second-order valence-electron chi connectivity index (χ2n) is 4.02. The van der Waals surface area contributed by atoms with E-state index in [1.54, 1.807) is 7.11 Å². The summed E-state index contributed by atoms with van der Waals surface area (Å²) in [5, 5.41) is 12.6. The van der Waals surface area contributed by atoms with Crippen molar-refractivity contribution < 1.29 is 14.6 Å². The Kier molecular flexibility index (Phi) is 6.12. The van der Waals surface area contributed by atoms with Crippen molar-refractivity contribution in [3.8, 4) is 0 Å². The summed E-state index contributed by atoms with van der Waals surface area (Å²) in [4.78, 5) is 2.25. The SMILES string of the molecule is COCC(O)CNCC1CN(C)CCO1. The van der Waals surface area contributed by atoms with Gasteiger partial charge in [-0.05, 0) is 7.05 Å². The molecule has 0 aromatic rings. The van der Waals surface area contributed by atoms with Gasteiger partial charge in [-0.25, -0.2) is 0 Å². The van der Waals surface area contributed by atoms with Crippen LogP contribution in [0.1, 0.15) is 0 Å². The molecule has 1 rings (SSSR count). The standard InChI is InChI=1S/C10H22N2O3/c1-12-3-4-15-10(7-12)6-11-5-9(13)8-14-2/h9-11,13H,3-8H2,1-2H3. The molecule has 2 atom stereocenters. The van der Waals surface area contributed by atoms with Crippen LogP contribution < -0.4 is 5.32 Å². The van der Waals surface area contributed by atoms with Gasteiger partial charge in [-0.2, -0.15) is 0 Å². The van der Waals surface area contributed by atoms with Crippen LogP contribution in [0.25, 0.3) is 0 Å². The maximum Gasteiger partial charge on any atom is 0.0897 e. The van der Waals surface area contributed by atoms with Crippen LogP contribution in [0.5, 0.6) is 0 Å². The number of likely N-dealkylation sites (N-methyl/N-ethyl adjacent to an activating group) is 1. The number of aliphatic hydroxyl groups is 1. The highest BCUT2D eigenvalue weighted by Gasteiger charge is 2.17. The van der Waals surface area contributed by atoms with Gasteiger partial charge >= 0.3 is 0 Å². The minimum atomic E-state index is -0.434. The number of morpholine rings is 1. The van der Waals surface area contributed by atoms with Gasteiger partial charge in [0, 0.05) is 33.3 Å². The summed E-state index contributed by atoms with van der Waals surface area (Å²) in [6.07, 6.45) is -0.199. The molecule has 0 aliphatic carbocycles. The van der Waals surface area contributed by atoms with Gasteiger partial charge in [-0.3, -0.25) is 0 Å². The molecule has 90 valence electrons. The number of methoxy groups -OCH3 is 1. The molecule has 1 aliphatic rings. The lowest BCUT2D eigenvalue weighted by Gasteiger charge is -2.30. The van der Waals surface area contributed by atoms with E-state index < -0.39 is 6.10 Å². The second kappa shape index (κ2) is 7.14. The molecule has 1 saturated heterocycles. The molecule has 0 saturated carbocycles. The van der Waals surface area contributed by atoms with E-state index >= 15 is 0 Å². The summed E-state index contributed by atoms with van der Waals surface area (Å²) in [5.41, 5.74) is 0. The molecule has 2 N–H and O–H groups in total. The zero-order valence-electron chi connectivity index (χ0n) is 9.61. The third-order valence-corrected chi connectivity index (χ3v) is 2.45. The molecule has 1 heterocycles. The van der Waals surface area contributed by atoms with Crippen molar-refractivity contribution in [3.05, 3.63) is 0 Å². The molecule has 0 aromatic heterocycles. The Hall–Kier alpha value is -0.200. The largest absolute Gasteiger partial charge is 0.389 e. The van der Waals surface area contributed by atoms with Crippen molar-refractivity contribution in [2.45, 2.75) is 12.2 Å². The number of rotatable bonds is 6. The first kappa shape index (κ1) is 12.9. The van der Waals surface area contributed by atoms with Crippen molar-refractivity contribution in [1.82, 2.24) is 10.2 Å². The minimum Gasteiger partial charge on any atom is -0.389 e. The minimum absolute atomic E-state index is 0.235. The van der Waals surface area contributed by atoms with Crippen LogP contribution in [0.2, 0.25) is 0 Å². The lowest BCUT2D eigenvalue weighted by Crippen LogP contribution is -2.46. The molecule has 1 aliphatic heterocycles. The molecule has 0 amide bonds. The fraction of sp³-hybridized carbons (Fsp3) is 1.00. The van der Waals surface area contributed by atoms with Crippen LogP contribution in [-0.4, -0.2) is 75.8 Å². The first-order valence-corrected chi connectivity index (χ1v) is 5.40. The molecular formula is C10H22N2O3. The number of ether oxygens (including phenoxy) is 2. The normalized spacial score (nSPS) is 25.4. The summed E-state index contributed by atoms with van der Waals surface area (Å²) in [7, 11) is 3.68. The highest BCUT2D eigenvalue weighted by Crippen LogP contribution is 2.01. The molecule has 0 aromatic carbocycles. The van der Waals surface area contributed by atoms with Gasteiger partial charge in [0.05, 0.1) is 25.4 Å². The predicted molar refractivity (Wildman–Crippen MR) is 58.0 cm³/mol. The zero-order valence-corrected chi connectivity index (χ0v) is 9.61. The number of hydrogen-bond acceptors (Lipinski definition) is 5. The van der Waals surface area contributed by atoms with E-state index in [-0.39, 0.29) is 6.10 Å². The van der Waals surface area contributed by atoms with Crippen molar-refractivity contribution in [3.63, 3.8) is 0 Å². The number of nitrogens with zero attached hydrogens (tertiary/aromatic N) is 1. The smallest absolute Gasteiger partial charge is 0.0897 e. The molecule has 1 fully saturated rings. The average Bonchev–Trinajstić information content (AvgIpc) is 2.18. The van der Waals surface area contributed by atoms with Gasteiger partial charge in [-0.1, -0.05) is 0 Å². The summed E-state index contributed by atoms with van der Waals surface area (Å²) in [6, 6.07) is 0. The van der Waals surface area contributed by atoms with Gasteiger partial charge in [-0.15, -0.1) is 0 Å². The molecule has 0 spiro atoms. The number of hydrogen-bond donors (Lipinski definition) is 2. The Morgan fingerprint density at radius 2 is 2.47 bits per heavy atom. The quantitative estimate of drug-likeness (QED) is 0.593. The number of aliphatic hydroxyl groups excluding tert-OH is 1. The highest BCUT2D eigenvalue weighted by atomic mass is 16.5. The molecule has 5 heteroatoms. The Bertz CT molecular complexity index is 169. The Morgan fingerprint density at radius 3 is 3.13 bits per heavy atom. The van der Waals surface area contributed by atoms with Gasteiger partial charge in [0.15, 0.2) is 0 Å². The predicted octanol–water partition coefficient (Wildman–Crippen LogP) is -1.09. The van der Waals surface area contributed by atoms with Gasteiger partial charge < -0.3 is 24.8 Å². The molecule has 15 heavy (non-hydrogen) atoms. The van der Waals surface area contributed by atoms with Crippen LogP contribution in [0.4, 0.5) is 0 Å². The van der Waals surface area contributed by atoms with E-state index in [1.807, 2.05) is 0 Å². The van der Waals surface area contributed by atoms with Crippen LogP contribution in [-0.2, 0) is 9.47 Å². The second-order valence-corrected chi connectivity index (χ2v) is 4.02. The Balaban J connectivity index is 2.03. The van der Waals surface area contributed by atoms with Crippen LogP contribution in [0, 0.1) is 0 Å². The first-order valence-electron chi connectivity index (χ1n) is 5.40. The molecule has 0 bridgehead atoms. The van der Waals surface area contributed by atoms with Gasteiger partial charge in [0.25, 0.3) is 0 Å². The third kappa shape index (κ3) is 5.44. The third-order valence-electron chi connectivity index (χ3n) is 2.45. The van der Waals surface area contributed by atoms with Crippen LogP contribution in [0.3, 0.4) is 0 Å². The summed E-state index contributed by atoms with van der Waals surface area (Å²) >= 11 is 0. The Morgan fingerprint density at radius 1 is 1.67 bits per heavy atom. The molecule has 2 unspecified atom stereocenters. The lowest BCUT2D eigenvalue weighted by molar-refractivity contribution is -0.0201.